The molecule has 1 aliphatic rings. The smallest absolute Gasteiger partial charge is 0.266 e. The summed E-state index contributed by atoms with van der Waals surface area (Å²) in [6.45, 7) is 2.42. The first-order valence-electron chi connectivity index (χ1n) is 7.60. The Kier molecular flexibility index (Phi) is 4.71. The van der Waals surface area contributed by atoms with Gasteiger partial charge in [0.15, 0.2) is 6.10 Å². The lowest BCUT2D eigenvalue weighted by molar-refractivity contribution is -0.130. The zero-order valence-corrected chi connectivity index (χ0v) is 13.9. The van der Waals surface area contributed by atoms with E-state index < -0.39 is 6.10 Å². The highest BCUT2D eigenvalue weighted by Crippen LogP contribution is 2.32. The Hall–Kier alpha value is -2.53. The molecule has 2 N–H and O–H groups in total. The molecule has 5 nitrogen and oxygen atoms in total. The van der Waals surface area contributed by atoms with Gasteiger partial charge in [-0.25, -0.2) is 0 Å². The Bertz CT molecular complexity index is 774. The van der Waals surface area contributed by atoms with Crippen molar-refractivity contribution in [3.8, 4) is 5.75 Å². The summed E-state index contributed by atoms with van der Waals surface area (Å²) in [5, 5.41) is 6.01. The van der Waals surface area contributed by atoms with E-state index in [0.717, 1.165) is 11.1 Å². The van der Waals surface area contributed by atoms with Crippen LogP contribution in [-0.2, 0) is 16.1 Å². The fourth-order valence-corrected chi connectivity index (χ4v) is 2.58. The van der Waals surface area contributed by atoms with Crippen molar-refractivity contribution in [2.24, 2.45) is 0 Å². The normalized spacial score (nSPS) is 15.9. The van der Waals surface area contributed by atoms with E-state index in [2.05, 4.69) is 10.6 Å². The van der Waals surface area contributed by atoms with E-state index in [1.807, 2.05) is 31.2 Å². The van der Waals surface area contributed by atoms with Crippen LogP contribution in [0.3, 0.4) is 0 Å². The lowest BCUT2D eigenvalue weighted by Crippen LogP contribution is -2.40. The van der Waals surface area contributed by atoms with Crippen LogP contribution in [0.5, 0.6) is 5.75 Å². The molecular weight excluding hydrogens is 328 g/mol. The third kappa shape index (κ3) is 3.86. The highest BCUT2D eigenvalue weighted by molar-refractivity contribution is 6.31. The number of nitrogens with one attached hydrogen (secondary N) is 2. The van der Waals surface area contributed by atoms with Crippen molar-refractivity contribution in [2.45, 2.75) is 26.0 Å². The molecule has 0 spiro atoms. The third-order valence-electron chi connectivity index (χ3n) is 3.74. The van der Waals surface area contributed by atoms with E-state index in [1.54, 1.807) is 18.2 Å². The number of hydrogen-bond donors (Lipinski definition) is 2. The molecule has 24 heavy (non-hydrogen) atoms. The van der Waals surface area contributed by atoms with Crippen molar-refractivity contribution < 1.29 is 14.3 Å². The minimum atomic E-state index is -0.850. The van der Waals surface area contributed by atoms with E-state index in [4.69, 9.17) is 16.3 Å². The van der Waals surface area contributed by atoms with Crippen molar-refractivity contribution in [3.63, 3.8) is 0 Å². The molecule has 0 saturated carbocycles. The summed E-state index contributed by atoms with van der Waals surface area (Å²) in [6.07, 6.45) is -0.892. The number of halogens is 1. The van der Waals surface area contributed by atoms with Gasteiger partial charge >= 0.3 is 0 Å². The molecule has 1 atom stereocenters. The van der Waals surface area contributed by atoms with Crippen LogP contribution in [0.25, 0.3) is 0 Å². The summed E-state index contributed by atoms with van der Waals surface area (Å²) in [5.41, 5.74) is 2.68. The number of ether oxygens (including phenoxy) is 1. The molecule has 0 saturated heterocycles. The van der Waals surface area contributed by atoms with Gasteiger partial charge in [0.2, 0.25) is 5.91 Å². The van der Waals surface area contributed by atoms with E-state index in [1.165, 1.54) is 0 Å². The first-order chi connectivity index (χ1) is 11.5. The van der Waals surface area contributed by atoms with Gasteiger partial charge in [-0.15, -0.1) is 0 Å². The average Bonchev–Trinajstić information content (AvgIpc) is 2.55. The molecule has 0 unspecified atom stereocenters. The third-order valence-corrected chi connectivity index (χ3v) is 3.98. The molecule has 0 radical (unpaired) electrons. The van der Waals surface area contributed by atoms with Crippen molar-refractivity contribution >= 4 is 29.1 Å². The number of carbonyl (C=O) groups is 2. The van der Waals surface area contributed by atoms with Gasteiger partial charge in [-0.2, -0.15) is 0 Å². The second-order valence-corrected chi connectivity index (χ2v) is 6.14. The highest BCUT2D eigenvalue weighted by Gasteiger charge is 2.29. The monoisotopic (exact) mass is 344 g/mol. The van der Waals surface area contributed by atoms with Crippen molar-refractivity contribution in [1.82, 2.24) is 5.32 Å². The predicted molar refractivity (Wildman–Crippen MR) is 92.1 cm³/mol. The van der Waals surface area contributed by atoms with Gasteiger partial charge in [-0.1, -0.05) is 41.4 Å². The summed E-state index contributed by atoms with van der Waals surface area (Å²) < 4.78 is 5.61. The van der Waals surface area contributed by atoms with Crippen LogP contribution in [0.1, 0.15) is 17.5 Å². The molecule has 2 amide bonds. The molecule has 1 heterocycles. The lowest BCUT2D eigenvalue weighted by atomic mass is 10.1. The number of hydrogen-bond acceptors (Lipinski definition) is 3. The molecule has 124 valence electrons. The largest absolute Gasteiger partial charge is 0.478 e. The number of fused-ring (bicyclic) bond motifs is 1. The summed E-state index contributed by atoms with van der Waals surface area (Å²) in [7, 11) is 0. The molecule has 0 fully saturated rings. The number of rotatable bonds is 4. The maximum Gasteiger partial charge on any atom is 0.266 e. The molecule has 6 heteroatoms. The van der Waals surface area contributed by atoms with Crippen LogP contribution >= 0.6 is 11.6 Å². The zero-order chi connectivity index (χ0) is 17.1. The molecule has 0 aromatic heterocycles. The quantitative estimate of drug-likeness (QED) is 0.895. The first kappa shape index (κ1) is 16.3. The van der Waals surface area contributed by atoms with Crippen LogP contribution in [-0.4, -0.2) is 17.9 Å². The number of aryl methyl sites for hydroxylation is 1. The first-order valence-corrected chi connectivity index (χ1v) is 7.98. The molecule has 1 aliphatic heterocycles. The van der Waals surface area contributed by atoms with E-state index in [-0.39, 0.29) is 18.2 Å². The molecule has 0 aliphatic carbocycles. The number of carbonyl (C=O) groups excluding carboxylic acids is 2. The van der Waals surface area contributed by atoms with Crippen molar-refractivity contribution in [3.05, 3.63) is 58.6 Å². The Morgan fingerprint density at radius 1 is 1.25 bits per heavy atom. The second kappa shape index (κ2) is 6.93. The zero-order valence-electron chi connectivity index (χ0n) is 13.1. The predicted octanol–water partition coefficient (Wildman–Crippen LogP) is 3.05. The number of benzene rings is 2. The number of amides is 2. The Labute approximate surface area is 145 Å². The summed E-state index contributed by atoms with van der Waals surface area (Å²) in [4.78, 5) is 24.1. The Morgan fingerprint density at radius 3 is 2.75 bits per heavy atom. The fraction of sp³-hybridized carbons (Fsp3) is 0.222. The molecule has 3 rings (SSSR count). The van der Waals surface area contributed by atoms with E-state index >= 15 is 0 Å². The van der Waals surface area contributed by atoms with Crippen molar-refractivity contribution in [2.75, 3.05) is 5.32 Å². The highest BCUT2D eigenvalue weighted by atomic mass is 35.5. The molecule has 2 aromatic rings. The van der Waals surface area contributed by atoms with Crippen molar-refractivity contribution in [1.29, 1.82) is 0 Å². The van der Waals surface area contributed by atoms with Crippen LogP contribution in [0.2, 0.25) is 5.02 Å². The Balaban J connectivity index is 1.57. The summed E-state index contributed by atoms with van der Waals surface area (Å²) in [5.74, 6) is -0.0845. The van der Waals surface area contributed by atoms with Gasteiger partial charge in [-0.05, 0) is 30.7 Å². The topological polar surface area (TPSA) is 67.4 Å². The summed E-state index contributed by atoms with van der Waals surface area (Å²) >= 11 is 5.88. The Morgan fingerprint density at radius 2 is 2.00 bits per heavy atom. The minimum Gasteiger partial charge on any atom is -0.478 e. The van der Waals surface area contributed by atoms with Gasteiger partial charge in [0.1, 0.15) is 5.75 Å². The molecular formula is C18H17ClN2O3. The SMILES string of the molecule is Cc1ccc(CNC(=O)C[C@@H]2Oc3ccc(Cl)cc3NC2=O)cc1. The van der Waals surface area contributed by atoms with Crippen LogP contribution < -0.4 is 15.4 Å². The van der Waals surface area contributed by atoms with Crippen LogP contribution in [0, 0.1) is 6.92 Å². The molecule has 2 aromatic carbocycles. The maximum atomic E-state index is 12.1. The van der Waals surface area contributed by atoms with Gasteiger partial charge in [0.05, 0.1) is 12.1 Å². The number of anilines is 1. The van der Waals surface area contributed by atoms with Gasteiger partial charge in [-0.3, -0.25) is 9.59 Å². The van der Waals surface area contributed by atoms with Gasteiger partial charge < -0.3 is 15.4 Å². The second-order valence-electron chi connectivity index (χ2n) is 5.70. The molecule has 0 bridgehead atoms. The maximum absolute atomic E-state index is 12.1. The average molecular weight is 345 g/mol. The van der Waals surface area contributed by atoms with Gasteiger partial charge in [0, 0.05) is 11.6 Å². The van der Waals surface area contributed by atoms with E-state index in [9.17, 15) is 9.59 Å². The van der Waals surface area contributed by atoms with E-state index in [0.29, 0.717) is 23.0 Å². The standard InChI is InChI=1S/C18H17ClN2O3/c1-11-2-4-12(5-3-11)10-20-17(22)9-16-18(23)21-14-8-13(19)6-7-15(14)24-16/h2-8,16H,9-10H2,1H3,(H,20,22)(H,21,23)/t16-/m0/s1. The fourth-order valence-electron chi connectivity index (χ4n) is 2.40. The lowest BCUT2D eigenvalue weighted by Gasteiger charge is -2.25. The van der Waals surface area contributed by atoms with Crippen LogP contribution in [0.15, 0.2) is 42.5 Å². The van der Waals surface area contributed by atoms with Gasteiger partial charge in [0.25, 0.3) is 5.91 Å². The minimum absolute atomic E-state index is 0.0419. The summed E-state index contributed by atoms with van der Waals surface area (Å²) in [6, 6.07) is 12.9. The van der Waals surface area contributed by atoms with Crippen LogP contribution in [0.4, 0.5) is 5.69 Å².